The number of rotatable bonds is 5. The molecule has 4 nitrogen and oxygen atoms in total. The molecule has 1 N–H and O–H groups in total. The lowest BCUT2D eigenvalue weighted by atomic mass is 10.3. The number of hydrogen-bond acceptors (Lipinski definition) is 2. The molecule has 6 heteroatoms. The van der Waals surface area contributed by atoms with Crippen molar-refractivity contribution in [2.24, 2.45) is 0 Å². The molecule has 0 saturated carbocycles. The molecule has 0 saturated heterocycles. The number of halogens is 2. The zero-order valence-corrected chi connectivity index (χ0v) is 12.1. The molecule has 0 radical (unpaired) electrons. The number of aromatic nitrogens is 2. The molecule has 102 valence electrons. The summed E-state index contributed by atoms with van der Waals surface area (Å²) in [7, 11) is 0. The second-order valence-corrected chi connectivity index (χ2v) is 4.99. The van der Waals surface area contributed by atoms with Crippen molar-refractivity contribution in [1.82, 2.24) is 14.9 Å². The molecule has 0 spiro atoms. The van der Waals surface area contributed by atoms with Crippen molar-refractivity contribution in [3.05, 3.63) is 29.0 Å². The molecule has 0 unspecified atom stereocenters. The zero-order chi connectivity index (χ0) is 13.8. The Kier molecular flexibility index (Phi) is 4.66. The maximum atomic E-state index is 10.9. The first kappa shape index (κ1) is 14.2. The minimum atomic E-state index is -0.0468. The van der Waals surface area contributed by atoms with E-state index in [1.54, 1.807) is 0 Å². The van der Waals surface area contributed by atoms with E-state index in [4.69, 9.17) is 23.2 Å². The monoisotopic (exact) mass is 299 g/mol. The summed E-state index contributed by atoms with van der Waals surface area (Å²) < 4.78 is 2.02. The van der Waals surface area contributed by atoms with Crippen LogP contribution in [0.3, 0.4) is 0 Å². The van der Waals surface area contributed by atoms with Gasteiger partial charge < -0.3 is 9.88 Å². The number of nitrogens with one attached hydrogen (secondary N) is 1. The van der Waals surface area contributed by atoms with E-state index >= 15 is 0 Å². The number of carbonyl (C=O) groups is 1. The van der Waals surface area contributed by atoms with Gasteiger partial charge in [-0.05, 0) is 12.1 Å². The molecule has 0 fully saturated rings. The van der Waals surface area contributed by atoms with Gasteiger partial charge in [-0.25, -0.2) is 4.98 Å². The van der Waals surface area contributed by atoms with E-state index < -0.39 is 0 Å². The summed E-state index contributed by atoms with van der Waals surface area (Å²) in [5.41, 5.74) is 1.75. The van der Waals surface area contributed by atoms with Gasteiger partial charge in [-0.2, -0.15) is 0 Å². The molecule has 0 aliphatic rings. The van der Waals surface area contributed by atoms with E-state index in [2.05, 4.69) is 10.3 Å². The number of imidazole rings is 1. The first-order valence-corrected chi connectivity index (χ1v) is 6.98. The van der Waals surface area contributed by atoms with E-state index in [9.17, 15) is 4.79 Å². The quantitative estimate of drug-likeness (QED) is 0.863. The van der Waals surface area contributed by atoms with Crippen LogP contribution in [0.15, 0.2) is 18.2 Å². The molecular weight excluding hydrogens is 285 g/mol. The van der Waals surface area contributed by atoms with Crippen LogP contribution < -0.4 is 5.32 Å². The van der Waals surface area contributed by atoms with Crippen molar-refractivity contribution in [2.75, 3.05) is 12.4 Å². The van der Waals surface area contributed by atoms with E-state index in [-0.39, 0.29) is 5.91 Å². The molecule has 0 aliphatic carbocycles. The van der Waals surface area contributed by atoms with Crippen LogP contribution in [0.1, 0.15) is 12.7 Å². The fourth-order valence-corrected chi connectivity index (χ4v) is 2.49. The summed E-state index contributed by atoms with van der Waals surface area (Å²) in [5, 5.41) is 3.43. The maximum Gasteiger partial charge on any atom is 0.216 e. The third-order valence-electron chi connectivity index (χ3n) is 2.82. The maximum absolute atomic E-state index is 10.9. The van der Waals surface area contributed by atoms with Gasteiger partial charge in [-0.15, -0.1) is 11.6 Å². The topological polar surface area (TPSA) is 46.9 Å². The fourth-order valence-electron chi connectivity index (χ4n) is 2.05. The number of hydrogen-bond donors (Lipinski definition) is 1. The molecule has 0 atom stereocenters. The van der Waals surface area contributed by atoms with Crippen LogP contribution in [0.4, 0.5) is 0 Å². The van der Waals surface area contributed by atoms with Crippen molar-refractivity contribution < 1.29 is 4.79 Å². The summed E-state index contributed by atoms with van der Waals surface area (Å²) in [6.07, 6.45) is 0.673. The third-order valence-corrected chi connectivity index (χ3v) is 3.32. The summed E-state index contributed by atoms with van der Waals surface area (Å²) in [6, 6.07) is 5.64. The van der Waals surface area contributed by atoms with Crippen molar-refractivity contribution in [1.29, 1.82) is 0 Å². The van der Waals surface area contributed by atoms with Gasteiger partial charge in [-0.3, -0.25) is 4.79 Å². The lowest BCUT2D eigenvalue weighted by molar-refractivity contribution is -0.118. The number of benzene rings is 1. The molecule has 2 aromatic rings. The predicted molar refractivity (Wildman–Crippen MR) is 77.9 cm³/mol. The zero-order valence-electron chi connectivity index (χ0n) is 10.6. The highest BCUT2D eigenvalue weighted by atomic mass is 35.5. The van der Waals surface area contributed by atoms with E-state index in [0.29, 0.717) is 30.4 Å². The normalized spacial score (nSPS) is 10.9. The summed E-state index contributed by atoms with van der Waals surface area (Å²) in [6.45, 7) is 2.67. The van der Waals surface area contributed by atoms with Crippen LogP contribution in [0.5, 0.6) is 0 Å². The van der Waals surface area contributed by atoms with Gasteiger partial charge >= 0.3 is 0 Å². The van der Waals surface area contributed by atoms with Crippen molar-refractivity contribution in [2.45, 2.75) is 19.9 Å². The fraction of sp³-hybridized carbons (Fsp3) is 0.385. The first-order chi connectivity index (χ1) is 9.13. The molecule has 1 heterocycles. The molecular formula is C13H15Cl2N3O. The second-order valence-electron chi connectivity index (χ2n) is 4.21. The Morgan fingerprint density at radius 3 is 2.95 bits per heavy atom. The van der Waals surface area contributed by atoms with Crippen LogP contribution in [-0.2, 0) is 17.8 Å². The first-order valence-electron chi connectivity index (χ1n) is 6.07. The van der Waals surface area contributed by atoms with Gasteiger partial charge in [0.05, 0.1) is 16.1 Å². The average Bonchev–Trinajstić information content (AvgIpc) is 2.69. The molecule has 1 aromatic heterocycles. The van der Waals surface area contributed by atoms with Crippen molar-refractivity contribution in [3.8, 4) is 0 Å². The molecule has 2 rings (SSSR count). The van der Waals surface area contributed by atoms with Gasteiger partial charge in [0.15, 0.2) is 0 Å². The standard InChI is InChI=1S/C13H15Cl2N3O/c1-9(19)16-7-8-18-12(5-6-14)17-11-4-2-3-10(15)13(11)18/h2-4H,5-8H2,1H3,(H,16,19). The Hall–Kier alpha value is -1.26. The summed E-state index contributed by atoms with van der Waals surface area (Å²) in [4.78, 5) is 15.5. The number of aryl methyl sites for hydroxylation is 1. The molecule has 0 aliphatic heterocycles. The van der Waals surface area contributed by atoms with Crippen molar-refractivity contribution in [3.63, 3.8) is 0 Å². The number of amides is 1. The molecule has 0 bridgehead atoms. The largest absolute Gasteiger partial charge is 0.355 e. The Morgan fingerprint density at radius 2 is 2.26 bits per heavy atom. The highest BCUT2D eigenvalue weighted by molar-refractivity contribution is 6.35. The average molecular weight is 300 g/mol. The lowest BCUT2D eigenvalue weighted by Crippen LogP contribution is -2.25. The Bertz CT molecular complexity index is 595. The minimum absolute atomic E-state index is 0.0468. The minimum Gasteiger partial charge on any atom is -0.355 e. The van der Waals surface area contributed by atoms with Gasteiger partial charge in [0.25, 0.3) is 0 Å². The SMILES string of the molecule is CC(=O)NCCn1c(CCCl)nc2cccc(Cl)c21. The molecule has 1 amide bonds. The summed E-state index contributed by atoms with van der Waals surface area (Å²) in [5.74, 6) is 1.35. The highest BCUT2D eigenvalue weighted by Gasteiger charge is 2.12. The Labute approximate surface area is 121 Å². The van der Waals surface area contributed by atoms with Crippen LogP contribution in [0.2, 0.25) is 5.02 Å². The van der Waals surface area contributed by atoms with E-state index in [1.807, 2.05) is 22.8 Å². The van der Waals surface area contributed by atoms with Crippen molar-refractivity contribution >= 4 is 40.1 Å². The predicted octanol–water partition coefficient (Wildman–Crippen LogP) is 2.61. The van der Waals surface area contributed by atoms with Gasteiger partial charge in [-0.1, -0.05) is 17.7 Å². The van der Waals surface area contributed by atoms with Gasteiger partial charge in [0.2, 0.25) is 5.91 Å². The highest BCUT2D eigenvalue weighted by Crippen LogP contribution is 2.24. The van der Waals surface area contributed by atoms with Crippen LogP contribution in [0, 0.1) is 0 Å². The smallest absolute Gasteiger partial charge is 0.216 e. The van der Waals surface area contributed by atoms with E-state index in [1.165, 1.54) is 6.92 Å². The van der Waals surface area contributed by atoms with Crippen LogP contribution in [0.25, 0.3) is 11.0 Å². The number of fused-ring (bicyclic) bond motifs is 1. The number of para-hydroxylation sites is 1. The number of nitrogens with zero attached hydrogens (tertiary/aromatic N) is 2. The van der Waals surface area contributed by atoms with Gasteiger partial charge in [0, 0.05) is 32.3 Å². The lowest BCUT2D eigenvalue weighted by Gasteiger charge is -2.09. The second kappa shape index (κ2) is 6.26. The van der Waals surface area contributed by atoms with E-state index in [0.717, 1.165) is 16.9 Å². The number of alkyl halides is 1. The Morgan fingerprint density at radius 1 is 1.47 bits per heavy atom. The molecule has 1 aromatic carbocycles. The molecule has 19 heavy (non-hydrogen) atoms. The van der Waals surface area contributed by atoms with Crippen LogP contribution in [-0.4, -0.2) is 27.9 Å². The third kappa shape index (κ3) is 3.19. The van der Waals surface area contributed by atoms with Crippen LogP contribution >= 0.6 is 23.2 Å². The summed E-state index contributed by atoms with van der Waals surface area (Å²) >= 11 is 12.0. The van der Waals surface area contributed by atoms with Gasteiger partial charge in [0.1, 0.15) is 5.82 Å². The Balaban J connectivity index is 2.36. The number of carbonyl (C=O) groups excluding carboxylic acids is 1.